The summed E-state index contributed by atoms with van der Waals surface area (Å²) < 4.78 is 49.9. The highest BCUT2D eigenvalue weighted by atomic mass is 32.2. The number of fused-ring (bicyclic) bond motifs is 1. The molecule has 4 rings (SSSR count). The molecule has 2 aromatic carbocycles. The van der Waals surface area contributed by atoms with Crippen molar-refractivity contribution in [2.75, 3.05) is 19.2 Å². The molecule has 0 atom stereocenters. The first-order valence-electron chi connectivity index (χ1n) is 10.2. The van der Waals surface area contributed by atoms with Crippen LogP contribution in [0.25, 0.3) is 12.2 Å². The number of carbonyl (C=O) groups is 1. The van der Waals surface area contributed by atoms with Gasteiger partial charge in [0, 0.05) is 13.5 Å². The van der Waals surface area contributed by atoms with E-state index >= 15 is 0 Å². The third-order valence-electron chi connectivity index (χ3n) is 5.00. The minimum atomic E-state index is -3.91. The van der Waals surface area contributed by atoms with E-state index in [0.717, 1.165) is 0 Å². The molecule has 0 saturated heterocycles. The summed E-state index contributed by atoms with van der Waals surface area (Å²) in [5.74, 6) is 1.48. The number of nitrogens with zero attached hydrogens (tertiary/aromatic N) is 1. The molecule has 10 nitrogen and oxygen atoms in total. The van der Waals surface area contributed by atoms with Gasteiger partial charge in [0.15, 0.2) is 17.3 Å². The van der Waals surface area contributed by atoms with Gasteiger partial charge in [-0.25, -0.2) is 13.1 Å². The number of benzene rings is 2. The van der Waals surface area contributed by atoms with Crippen molar-refractivity contribution in [1.29, 1.82) is 0 Å². The maximum Gasteiger partial charge on any atom is 0.244 e. The summed E-state index contributed by atoms with van der Waals surface area (Å²) in [7, 11) is -2.51. The van der Waals surface area contributed by atoms with E-state index in [1.165, 1.54) is 20.1 Å². The maximum absolute atomic E-state index is 13.1. The molecule has 1 aromatic heterocycles. The Hall–Kier alpha value is -3.83. The number of aromatic nitrogens is 1. The second-order valence-electron chi connectivity index (χ2n) is 7.44. The van der Waals surface area contributed by atoms with Gasteiger partial charge in [-0.2, -0.15) is 0 Å². The van der Waals surface area contributed by atoms with Crippen molar-refractivity contribution < 1.29 is 31.9 Å². The predicted octanol–water partition coefficient (Wildman–Crippen LogP) is 3.33. The fourth-order valence-corrected chi connectivity index (χ4v) is 4.53. The molecule has 1 aliphatic rings. The van der Waals surface area contributed by atoms with Crippen molar-refractivity contribution in [1.82, 2.24) is 9.88 Å². The zero-order valence-corrected chi connectivity index (χ0v) is 19.6. The molecule has 1 aliphatic heterocycles. The van der Waals surface area contributed by atoms with Crippen LogP contribution in [-0.4, -0.2) is 33.4 Å². The summed E-state index contributed by atoms with van der Waals surface area (Å²) >= 11 is 0. The number of hydrogen-bond acceptors (Lipinski definition) is 8. The van der Waals surface area contributed by atoms with Gasteiger partial charge < -0.3 is 24.1 Å². The maximum atomic E-state index is 13.1. The molecular formula is C23H23N3O7S. The fourth-order valence-electron chi connectivity index (χ4n) is 3.31. The number of amides is 1. The Labute approximate surface area is 196 Å². The Morgan fingerprint density at radius 1 is 1.15 bits per heavy atom. The molecule has 0 radical (unpaired) electrons. The molecule has 178 valence electrons. The summed E-state index contributed by atoms with van der Waals surface area (Å²) in [5.41, 5.74) is 2.28. The molecule has 34 heavy (non-hydrogen) atoms. The van der Waals surface area contributed by atoms with Crippen LogP contribution in [0.1, 0.15) is 29.5 Å². The molecule has 3 aromatic rings. The van der Waals surface area contributed by atoms with Crippen LogP contribution in [0.15, 0.2) is 45.8 Å². The molecule has 0 aliphatic carbocycles. The topological polar surface area (TPSA) is 129 Å². The summed E-state index contributed by atoms with van der Waals surface area (Å²) in [6.07, 6.45) is 3.26. The number of anilines is 1. The molecule has 0 spiro atoms. The lowest BCUT2D eigenvalue weighted by atomic mass is 10.2. The van der Waals surface area contributed by atoms with Crippen molar-refractivity contribution in [2.24, 2.45) is 0 Å². The average molecular weight is 486 g/mol. The Kier molecular flexibility index (Phi) is 6.57. The highest BCUT2D eigenvalue weighted by molar-refractivity contribution is 7.89. The number of methoxy groups -OCH3 is 1. The molecule has 11 heteroatoms. The molecule has 0 bridgehead atoms. The number of sulfonamides is 1. The summed E-state index contributed by atoms with van der Waals surface area (Å²) in [6.45, 7) is 3.29. The molecule has 0 saturated carbocycles. The van der Waals surface area contributed by atoms with Gasteiger partial charge in [0.25, 0.3) is 0 Å². The molecule has 1 amide bonds. The number of nitrogens with one attached hydrogen (secondary N) is 2. The Morgan fingerprint density at radius 3 is 2.71 bits per heavy atom. The highest BCUT2D eigenvalue weighted by Gasteiger charge is 2.21. The van der Waals surface area contributed by atoms with Crippen molar-refractivity contribution in [3.8, 4) is 17.2 Å². The fraction of sp³-hybridized carbons (Fsp3) is 0.217. The zero-order valence-electron chi connectivity index (χ0n) is 18.7. The van der Waals surface area contributed by atoms with Crippen LogP contribution in [0.3, 0.4) is 0 Å². The van der Waals surface area contributed by atoms with Gasteiger partial charge in [-0.1, -0.05) is 23.4 Å². The first-order chi connectivity index (χ1) is 16.3. The lowest BCUT2D eigenvalue weighted by Gasteiger charge is -2.12. The lowest BCUT2D eigenvalue weighted by molar-refractivity contribution is -0.114. The second-order valence-corrected chi connectivity index (χ2v) is 9.18. The summed E-state index contributed by atoms with van der Waals surface area (Å²) in [5, 5.41) is 6.53. The average Bonchev–Trinajstić information content (AvgIpc) is 3.42. The minimum Gasteiger partial charge on any atom is -0.495 e. The third-order valence-corrected chi connectivity index (χ3v) is 6.42. The van der Waals surface area contributed by atoms with E-state index < -0.39 is 10.0 Å². The van der Waals surface area contributed by atoms with E-state index in [9.17, 15) is 13.2 Å². The Morgan fingerprint density at radius 2 is 1.94 bits per heavy atom. The number of hydrogen-bond donors (Lipinski definition) is 2. The predicted molar refractivity (Wildman–Crippen MR) is 124 cm³/mol. The van der Waals surface area contributed by atoms with Crippen molar-refractivity contribution >= 4 is 33.8 Å². The van der Waals surface area contributed by atoms with E-state index in [0.29, 0.717) is 39.8 Å². The van der Waals surface area contributed by atoms with Gasteiger partial charge in [-0.15, -0.1) is 0 Å². The standard InChI is InChI=1S/C23H23N3O7S/c1-14-23(25-15(2)27)20(33-26-14)9-5-16-4-8-19(30-3)22(11-16)34(28,29)24-12-17-6-7-18-21(10-17)32-13-31-18/h4-11,24H,12-13H2,1-3H3,(H,25,27)/b9-5-. The summed E-state index contributed by atoms with van der Waals surface area (Å²) in [6, 6.07) is 9.98. The SMILES string of the molecule is COc1ccc(/C=C\c2onc(C)c2NC(C)=O)cc1S(=O)(=O)NCc1ccc2c(c1)OCO2. The van der Waals surface area contributed by atoms with Gasteiger partial charge >= 0.3 is 0 Å². The quantitative estimate of drug-likeness (QED) is 0.497. The Bertz CT molecular complexity index is 1360. The highest BCUT2D eigenvalue weighted by Crippen LogP contribution is 2.33. The number of aryl methyl sites for hydroxylation is 1. The van der Waals surface area contributed by atoms with Gasteiger partial charge in [0.1, 0.15) is 22.0 Å². The van der Waals surface area contributed by atoms with Crippen LogP contribution in [0, 0.1) is 6.92 Å². The molecular weight excluding hydrogens is 462 g/mol. The number of rotatable bonds is 8. The first-order valence-corrected chi connectivity index (χ1v) is 11.7. The van der Waals surface area contributed by atoms with Crippen LogP contribution in [0.4, 0.5) is 5.69 Å². The van der Waals surface area contributed by atoms with E-state index in [1.807, 2.05) is 0 Å². The van der Waals surface area contributed by atoms with Gasteiger partial charge in [-0.3, -0.25) is 4.79 Å². The van der Waals surface area contributed by atoms with E-state index in [-0.39, 0.29) is 29.9 Å². The van der Waals surface area contributed by atoms with Crippen LogP contribution in [0.5, 0.6) is 17.2 Å². The van der Waals surface area contributed by atoms with E-state index in [2.05, 4.69) is 15.2 Å². The normalized spacial score (nSPS) is 12.8. The van der Waals surface area contributed by atoms with E-state index in [4.69, 9.17) is 18.7 Å². The van der Waals surface area contributed by atoms with Gasteiger partial charge in [-0.05, 0) is 48.4 Å². The minimum absolute atomic E-state index is 0.0197. The van der Waals surface area contributed by atoms with Gasteiger partial charge in [0.05, 0.1) is 7.11 Å². The van der Waals surface area contributed by atoms with Crippen LogP contribution in [-0.2, 0) is 21.4 Å². The second kappa shape index (κ2) is 9.57. The monoisotopic (exact) mass is 485 g/mol. The van der Waals surface area contributed by atoms with Gasteiger partial charge in [0.2, 0.25) is 22.7 Å². The van der Waals surface area contributed by atoms with Crippen molar-refractivity contribution in [3.63, 3.8) is 0 Å². The smallest absolute Gasteiger partial charge is 0.244 e. The number of ether oxygens (including phenoxy) is 3. The molecule has 0 unspecified atom stereocenters. The zero-order chi connectivity index (χ0) is 24.3. The largest absolute Gasteiger partial charge is 0.495 e. The molecule has 2 heterocycles. The van der Waals surface area contributed by atoms with Crippen molar-refractivity contribution in [2.45, 2.75) is 25.3 Å². The lowest BCUT2D eigenvalue weighted by Crippen LogP contribution is -2.23. The Balaban J connectivity index is 1.56. The number of carbonyl (C=O) groups excluding carboxylic acids is 1. The molecule has 2 N–H and O–H groups in total. The van der Waals surface area contributed by atoms with Crippen LogP contribution >= 0.6 is 0 Å². The van der Waals surface area contributed by atoms with Crippen molar-refractivity contribution in [3.05, 3.63) is 59.0 Å². The van der Waals surface area contributed by atoms with Crippen LogP contribution < -0.4 is 24.2 Å². The summed E-state index contributed by atoms with van der Waals surface area (Å²) in [4.78, 5) is 11.4. The van der Waals surface area contributed by atoms with E-state index in [1.54, 1.807) is 49.4 Å². The van der Waals surface area contributed by atoms with Crippen LogP contribution in [0.2, 0.25) is 0 Å². The first kappa shape index (κ1) is 23.3. The molecule has 0 fully saturated rings. The third kappa shape index (κ3) is 5.05.